The van der Waals surface area contributed by atoms with Gasteiger partial charge in [-0.05, 0) is 19.1 Å². The second kappa shape index (κ2) is 4.13. The normalized spacial score (nSPS) is 10.3. The van der Waals surface area contributed by atoms with Gasteiger partial charge in [0.15, 0.2) is 0 Å². The first-order chi connectivity index (χ1) is 7.28. The number of nitrogens with zero attached hydrogens (tertiary/aromatic N) is 2. The van der Waals surface area contributed by atoms with Gasteiger partial charge in [0, 0.05) is 12.1 Å². The molecule has 0 fully saturated rings. The van der Waals surface area contributed by atoms with Gasteiger partial charge in [-0.15, -0.1) is 5.10 Å². The Balaban J connectivity index is 2.11. The highest BCUT2D eigenvalue weighted by molar-refractivity contribution is 5.53. The molecule has 4 heteroatoms. The second-order valence-corrected chi connectivity index (χ2v) is 3.45. The zero-order valence-corrected chi connectivity index (χ0v) is 8.91. The topological polar surface area (TPSA) is 53.6 Å². The molecule has 0 radical (unpaired) electrons. The summed E-state index contributed by atoms with van der Waals surface area (Å²) >= 11 is 0. The van der Waals surface area contributed by atoms with E-state index in [1.807, 2.05) is 19.1 Å². The molecule has 78 valence electrons. The van der Waals surface area contributed by atoms with E-state index in [1.165, 1.54) is 5.56 Å². The van der Waals surface area contributed by atoms with E-state index in [0.717, 1.165) is 17.9 Å². The van der Waals surface area contributed by atoms with Gasteiger partial charge in [0.25, 0.3) is 0 Å². The fourth-order valence-electron chi connectivity index (χ4n) is 1.28. The van der Waals surface area contributed by atoms with E-state index in [9.17, 15) is 0 Å². The van der Waals surface area contributed by atoms with Crippen LogP contribution in [0.5, 0.6) is 0 Å². The largest absolute Gasteiger partial charge is 0.323 e. The molecule has 2 rings (SSSR count). The minimum absolute atomic E-state index is 0.621. The van der Waals surface area contributed by atoms with Gasteiger partial charge in [-0.3, -0.25) is 5.10 Å². The smallest absolute Gasteiger partial charge is 0.246 e. The van der Waals surface area contributed by atoms with Gasteiger partial charge in [-0.1, -0.05) is 24.6 Å². The van der Waals surface area contributed by atoms with E-state index in [4.69, 9.17) is 0 Å². The van der Waals surface area contributed by atoms with E-state index in [2.05, 4.69) is 39.6 Å². The maximum Gasteiger partial charge on any atom is 0.246 e. The Morgan fingerprint density at radius 1 is 1.27 bits per heavy atom. The lowest BCUT2D eigenvalue weighted by Crippen LogP contribution is -1.92. The van der Waals surface area contributed by atoms with Gasteiger partial charge in [0.1, 0.15) is 5.82 Å². The minimum Gasteiger partial charge on any atom is -0.323 e. The van der Waals surface area contributed by atoms with Crippen molar-refractivity contribution in [1.82, 2.24) is 15.2 Å². The van der Waals surface area contributed by atoms with E-state index in [1.54, 1.807) is 0 Å². The molecule has 15 heavy (non-hydrogen) atoms. The number of H-pyrrole nitrogens is 1. The first-order valence-electron chi connectivity index (χ1n) is 5.03. The number of aromatic nitrogens is 3. The van der Waals surface area contributed by atoms with Crippen LogP contribution in [0.3, 0.4) is 0 Å². The molecule has 0 atom stereocenters. The highest BCUT2D eigenvalue weighted by Crippen LogP contribution is 2.13. The quantitative estimate of drug-likeness (QED) is 0.803. The standard InChI is InChI=1S/C11H14N4/c1-3-10-13-11(15-14-10)12-9-6-4-8(2)5-7-9/h4-7H,3H2,1-2H3,(H2,12,13,14,15). The molecule has 4 nitrogen and oxygen atoms in total. The minimum atomic E-state index is 0.621. The fourth-order valence-corrected chi connectivity index (χ4v) is 1.28. The van der Waals surface area contributed by atoms with Crippen molar-refractivity contribution in [3.63, 3.8) is 0 Å². The van der Waals surface area contributed by atoms with Gasteiger partial charge in [0.05, 0.1) is 0 Å². The van der Waals surface area contributed by atoms with Crippen LogP contribution in [0.15, 0.2) is 24.3 Å². The summed E-state index contributed by atoms with van der Waals surface area (Å²) in [6.07, 6.45) is 0.864. The van der Waals surface area contributed by atoms with Crippen LogP contribution in [0, 0.1) is 6.92 Å². The third kappa shape index (κ3) is 2.34. The fraction of sp³-hybridized carbons (Fsp3) is 0.273. The maximum atomic E-state index is 4.27. The molecule has 1 heterocycles. The average molecular weight is 202 g/mol. The summed E-state index contributed by atoms with van der Waals surface area (Å²) in [5.74, 6) is 1.51. The summed E-state index contributed by atoms with van der Waals surface area (Å²) in [4.78, 5) is 4.27. The summed E-state index contributed by atoms with van der Waals surface area (Å²) in [7, 11) is 0. The van der Waals surface area contributed by atoms with Crippen LogP contribution in [-0.2, 0) is 6.42 Å². The maximum absolute atomic E-state index is 4.27. The molecule has 0 aliphatic rings. The van der Waals surface area contributed by atoms with Crippen molar-refractivity contribution in [3.8, 4) is 0 Å². The zero-order chi connectivity index (χ0) is 10.7. The predicted molar refractivity (Wildman–Crippen MR) is 60.2 cm³/mol. The molecule has 0 saturated heterocycles. The molecule has 0 spiro atoms. The van der Waals surface area contributed by atoms with Crippen molar-refractivity contribution >= 4 is 11.6 Å². The van der Waals surface area contributed by atoms with Crippen molar-refractivity contribution in [2.45, 2.75) is 20.3 Å². The van der Waals surface area contributed by atoms with Gasteiger partial charge < -0.3 is 5.32 Å². The number of aryl methyl sites for hydroxylation is 2. The first-order valence-corrected chi connectivity index (χ1v) is 5.03. The Morgan fingerprint density at radius 3 is 2.60 bits per heavy atom. The molecule has 0 aliphatic heterocycles. The van der Waals surface area contributed by atoms with Gasteiger partial charge in [0.2, 0.25) is 5.95 Å². The lowest BCUT2D eigenvalue weighted by Gasteiger charge is -2.00. The lowest BCUT2D eigenvalue weighted by molar-refractivity contribution is 0.946. The molecular weight excluding hydrogens is 188 g/mol. The summed E-state index contributed by atoms with van der Waals surface area (Å²) in [5, 5.41) is 10.1. The molecule has 0 amide bonds. The van der Waals surface area contributed by atoms with E-state index in [-0.39, 0.29) is 0 Å². The third-order valence-corrected chi connectivity index (χ3v) is 2.17. The Hall–Kier alpha value is -1.84. The predicted octanol–water partition coefficient (Wildman–Crippen LogP) is 2.42. The number of nitrogens with one attached hydrogen (secondary N) is 2. The molecule has 2 aromatic rings. The van der Waals surface area contributed by atoms with Crippen LogP contribution in [0.4, 0.5) is 11.6 Å². The van der Waals surface area contributed by atoms with Crippen molar-refractivity contribution in [1.29, 1.82) is 0 Å². The third-order valence-electron chi connectivity index (χ3n) is 2.17. The van der Waals surface area contributed by atoms with Crippen molar-refractivity contribution in [2.75, 3.05) is 5.32 Å². The SMILES string of the molecule is CCc1nc(Nc2ccc(C)cc2)n[nH]1. The molecular formula is C11H14N4. The number of anilines is 2. The average Bonchev–Trinajstić information content (AvgIpc) is 2.69. The molecule has 0 aliphatic carbocycles. The number of benzene rings is 1. The van der Waals surface area contributed by atoms with E-state index < -0.39 is 0 Å². The van der Waals surface area contributed by atoms with Gasteiger partial charge >= 0.3 is 0 Å². The second-order valence-electron chi connectivity index (χ2n) is 3.45. The molecule has 2 N–H and O–H groups in total. The van der Waals surface area contributed by atoms with Crippen LogP contribution in [0.2, 0.25) is 0 Å². The highest BCUT2D eigenvalue weighted by atomic mass is 15.3. The van der Waals surface area contributed by atoms with Crippen molar-refractivity contribution < 1.29 is 0 Å². The van der Waals surface area contributed by atoms with Crippen LogP contribution >= 0.6 is 0 Å². The number of hydrogen-bond acceptors (Lipinski definition) is 3. The Labute approximate surface area is 88.8 Å². The molecule has 0 unspecified atom stereocenters. The summed E-state index contributed by atoms with van der Waals surface area (Å²) in [5.41, 5.74) is 2.24. The van der Waals surface area contributed by atoms with Crippen LogP contribution in [-0.4, -0.2) is 15.2 Å². The van der Waals surface area contributed by atoms with E-state index in [0.29, 0.717) is 5.95 Å². The molecule has 0 saturated carbocycles. The molecule has 0 bridgehead atoms. The summed E-state index contributed by atoms with van der Waals surface area (Å²) < 4.78 is 0. The highest BCUT2D eigenvalue weighted by Gasteiger charge is 2.00. The summed E-state index contributed by atoms with van der Waals surface area (Å²) in [6.45, 7) is 4.10. The lowest BCUT2D eigenvalue weighted by atomic mass is 10.2. The number of rotatable bonds is 3. The molecule has 1 aromatic heterocycles. The first kappa shape index (κ1) is 9.71. The Bertz CT molecular complexity index is 430. The van der Waals surface area contributed by atoms with Crippen LogP contribution in [0.25, 0.3) is 0 Å². The van der Waals surface area contributed by atoms with Crippen LogP contribution < -0.4 is 5.32 Å². The Morgan fingerprint density at radius 2 is 2.00 bits per heavy atom. The Kier molecular flexibility index (Phi) is 2.67. The van der Waals surface area contributed by atoms with Crippen LogP contribution in [0.1, 0.15) is 18.3 Å². The monoisotopic (exact) mass is 202 g/mol. The van der Waals surface area contributed by atoms with Gasteiger partial charge in [-0.2, -0.15) is 4.98 Å². The van der Waals surface area contributed by atoms with E-state index >= 15 is 0 Å². The van der Waals surface area contributed by atoms with Crippen molar-refractivity contribution in [3.05, 3.63) is 35.7 Å². The van der Waals surface area contributed by atoms with Gasteiger partial charge in [-0.25, -0.2) is 0 Å². The van der Waals surface area contributed by atoms with Crippen molar-refractivity contribution in [2.24, 2.45) is 0 Å². The molecule has 1 aromatic carbocycles. The number of aromatic amines is 1. The summed E-state index contributed by atoms with van der Waals surface area (Å²) in [6, 6.07) is 8.13. The zero-order valence-electron chi connectivity index (χ0n) is 8.91. The number of hydrogen-bond donors (Lipinski definition) is 2.